The van der Waals surface area contributed by atoms with Gasteiger partial charge in [0.25, 0.3) is 0 Å². The van der Waals surface area contributed by atoms with Gasteiger partial charge in [-0.25, -0.2) is 0 Å². The van der Waals surface area contributed by atoms with Crippen molar-refractivity contribution in [1.82, 2.24) is 4.90 Å². The van der Waals surface area contributed by atoms with Gasteiger partial charge in [-0.05, 0) is 38.9 Å². The summed E-state index contributed by atoms with van der Waals surface area (Å²) in [7, 11) is 0. The first-order valence-corrected chi connectivity index (χ1v) is 10.4. The second-order valence-electron chi connectivity index (χ2n) is 5.77. The molecular formula is C20H49N3O. The van der Waals surface area contributed by atoms with E-state index in [1.165, 1.54) is 58.2 Å². The fourth-order valence-electron chi connectivity index (χ4n) is 2.24. The molecule has 1 aliphatic rings. The third-order valence-corrected chi connectivity index (χ3v) is 3.90. The number of nitrogens with zero attached hydrogens (tertiary/aromatic N) is 1. The van der Waals surface area contributed by atoms with E-state index in [0.717, 1.165) is 13.0 Å². The van der Waals surface area contributed by atoms with Crippen LogP contribution in [0.25, 0.3) is 0 Å². The molecule has 4 nitrogen and oxygen atoms in total. The Bertz CT molecular complexity index is 170. The molecule has 0 amide bonds. The summed E-state index contributed by atoms with van der Waals surface area (Å²) in [6.07, 6.45) is 9.01. The highest BCUT2D eigenvalue weighted by atomic mass is 16.5. The number of hydrogen-bond donors (Lipinski definition) is 2. The molecule has 4 N–H and O–H groups in total. The molecule has 0 aromatic rings. The van der Waals surface area contributed by atoms with E-state index in [2.05, 4.69) is 32.6 Å². The molecule has 0 spiro atoms. The van der Waals surface area contributed by atoms with Crippen LogP contribution >= 0.6 is 0 Å². The first-order chi connectivity index (χ1) is 11.7. The smallest absolute Gasteiger partial charge is 0.0588 e. The van der Waals surface area contributed by atoms with Gasteiger partial charge in [-0.15, -0.1) is 0 Å². The second-order valence-corrected chi connectivity index (χ2v) is 5.77. The molecule has 0 aliphatic heterocycles. The molecule has 0 unspecified atom stereocenters. The highest BCUT2D eigenvalue weighted by Crippen LogP contribution is 2.14. The summed E-state index contributed by atoms with van der Waals surface area (Å²) in [5.74, 6) is 0. The summed E-state index contributed by atoms with van der Waals surface area (Å²) in [5, 5.41) is 0. The molecule has 150 valence electrons. The maximum absolute atomic E-state index is 5.63. The summed E-state index contributed by atoms with van der Waals surface area (Å²) < 4.78 is 5.10. The topological polar surface area (TPSA) is 64.5 Å². The standard InChI is InChI=1S/C6H15NO.C6H13N.C6H15N.C2H6/c1-2-3-5-8-6-4-7;7-6-4-2-1-3-5-6;1-4-7(5-2)6-3;1-2/h2-7H2,1H3;6H,1-5,7H2;4-6H2,1-3H3;1-2H3. The lowest BCUT2D eigenvalue weighted by molar-refractivity contribution is 0.138. The zero-order valence-corrected chi connectivity index (χ0v) is 17.8. The molecule has 1 rings (SSSR count). The van der Waals surface area contributed by atoms with Crippen molar-refractivity contribution in [2.75, 3.05) is 39.4 Å². The molecule has 0 atom stereocenters. The molecule has 0 heterocycles. The van der Waals surface area contributed by atoms with E-state index in [4.69, 9.17) is 16.2 Å². The Balaban J connectivity index is -0.000000262. The van der Waals surface area contributed by atoms with Crippen molar-refractivity contribution in [2.45, 2.75) is 92.5 Å². The van der Waals surface area contributed by atoms with Gasteiger partial charge < -0.3 is 21.1 Å². The predicted octanol–water partition coefficient (Wildman–Crippen LogP) is 4.41. The van der Waals surface area contributed by atoms with Gasteiger partial charge in [0, 0.05) is 19.2 Å². The van der Waals surface area contributed by atoms with Crippen LogP contribution in [0.2, 0.25) is 0 Å². The fourth-order valence-corrected chi connectivity index (χ4v) is 2.24. The molecular weight excluding hydrogens is 298 g/mol. The van der Waals surface area contributed by atoms with Crippen LogP contribution in [0.3, 0.4) is 0 Å². The Morgan fingerprint density at radius 2 is 1.38 bits per heavy atom. The SMILES string of the molecule is CC.CCCCOCCN.CCN(CC)CC.NC1CCCCC1. The van der Waals surface area contributed by atoms with Gasteiger partial charge >= 0.3 is 0 Å². The number of nitrogens with two attached hydrogens (primary N) is 2. The Hall–Kier alpha value is -0.160. The molecule has 0 radical (unpaired) electrons. The molecule has 24 heavy (non-hydrogen) atoms. The highest BCUT2D eigenvalue weighted by molar-refractivity contribution is 4.66. The van der Waals surface area contributed by atoms with Gasteiger partial charge in [0.2, 0.25) is 0 Å². The third kappa shape index (κ3) is 26.7. The zero-order valence-electron chi connectivity index (χ0n) is 17.8. The van der Waals surface area contributed by atoms with Crippen LogP contribution in [0.1, 0.15) is 86.5 Å². The normalized spacial score (nSPS) is 13.9. The van der Waals surface area contributed by atoms with Gasteiger partial charge in [0.1, 0.15) is 0 Å². The van der Waals surface area contributed by atoms with Gasteiger partial charge in [-0.2, -0.15) is 0 Å². The minimum absolute atomic E-state index is 0.536. The van der Waals surface area contributed by atoms with Gasteiger partial charge in [0.05, 0.1) is 6.61 Å². The summed E-state index contributed by atoms with van der Waals surface area (Å²) in [4.78, 5) is 2.38. The molecule has 0 aromatic heterocycles. The van der Waals surface area contributed by atoms with Crippen LogP contribution in [-0.4, -0.2) is 50.3 Å². The van der Waals surface area contributed by atoms with Gasteiger partial charge in [-0.1, -0.05) is 67.2 Å². The van der Waals surface area contributed by atoms with Gasteiger partial charge in [-0.3, -0.25) is 0 Å². The Kier molecular flexibility index (Phi) is 33.0. The van der Waals surface area contributed by atoms with Crippen molar-refractivity contribution in [3.05, 3.63) is 0 Å². The van der Waals surface area contributed by atoms with E-state index >= 15 is 0 Å². The van der Waals surface area contributed by atoms with Crippen LogP contribution in [0.4, 0.5) is 0 Å². The maximum atomic E-state index is 5.63. The minimum Gasteiger partial charge on any atom is -0.380 e. The summed E-state index contributed by atoms with van der Waals surface area (Å²) >= 11 is 0. The maximum Gasteiger partial charge on any atom is 0.0588 e. The molecule has 0 bridgehead atoms. The van der Waals surface area contributed by atoms with Crippen molar-refractivity contribution in [3.8, 4) is 0 Å². The lowest BCUT2D eigenvalue weighted by Gasteiger charge is -2.15. The largest absolute Gasteiger partial charge is 0.380 e. The van der Waals surface area contributed by atoms with Crippen LogP contribution < -0.4 is 11.5 Å². The molecule has 1 saturated carbocycles. The van der Waals surface area contributed by atoms with E-state index in [-0.39, 0.29) is 0 Å². The average Bonchev–Trinajstić information content (AvgIpc) is 2.64. The van der Waals surface area contributed by atoms with Crippen molar-refractivity contribution < 1.29 is 4.74 Å². The van der Waals surface area contributed by atoms with E-state index in [1.807, 2.05) is 13.8 Å². The van der Waals surface area contributed by atoms with Gasteiger partial charge in [0.15, 0.2) is 0 Å². The van der Waals surface area contributed by atoms with E-state index in [1.54, 1.807) is 0 Å². The summed E-state index contributed by atoms with van der Waals surface area (Å²) in [6.45, 7) is 18.5. The van der Waals surface area contributed by atoms with E-state index in [9.17, 15) is 0 Å². The number of hydrogen-bond acceptors (Lipinski definition) is 4. The van der Waals surface area contributed by atoms with Crippen molar-refractivity contribution in [3.63, 3.8) is 0 Å². The Morgan fingerprint density at radius 3 is 1.62 bits per heavy atom. The number of ether oxygens (including phenoxy) is 1. The Labute approximate surface area is 153 Å². The lowest BCUT2D eigenvalue weighted by Crippen LogP contribution is -2.22. The molecule has 1 fully saturated rings. The van der Waals surface area contributed by atoms with Crippen molar-refractivity contribution >= 4 is 0 Å². The quantitative estimate of drug-likeness (QED) is 0.638. The zero-order chi connectivity index (χ0) is 19.1. The summed E-state index contributed by atoms with van der Waals surface area (Å²) in [5.41, 5.74) is 10.8. The molecule has 0 aromatic carbocycles. The Morgan fingerprint density at radius 1 is 0.875 bits per heavy atom. The average molecular weight is 348 g/mol. The first kappa shape index (κ1) is 28.6. The summed E-state index contributed by atoms with van der Waals surface area (Å²) in [6, 6.07) is 0.536. The lowest BCUT2D eigenvalue weighted by atomic mass is 9.97. The second kappa shape index (κ2) is 27.7. The number of unbranched alkanes of at least 4 members (excludes halogenated alkanes) is 1. The highest BCUT2D eigenvalue weighted by Gasteiger charge is 2.06. The minimum atomic E-state index is 0.536. The monoisotopic (exact) mass is 347 g/mol. The molecule has 4 heteroatoms. The molecule has 0 saturated heterocycles. The third-order valence-electron chi connectivity index (χ3n) is 3.90. The van der Waals surface area contributed by atoms with Crippen LogP contribution in [-0.2, 0) is 4.74 Å². The van der Waals surface area contributed by atoms with E-state index in [0.29, 0.717) is 19.2 Å². The van der Waals surface area contributed by atoms with E-state index < -0.39 is 0 Å². The van der Waals surface area contributed by atoms with Crippen molar-refractivity contribution in [1.29, 1.82) is 0 Å². The van der Waals surface area contributed by atoms with Crippen LogP contribution in [0, 0.1) is 0 Å². The molecule has 1 aliphatic carbocycles. The fraction of sp³-hybridized carbons (Fsp3) is 1.00. The first-order valence-electron chi connectivity index (χ1n) is 10.4. The number of rotatable bonds is 8. The predicted molar refractivity (Wildman–Crippen MR) is 111 cm³/mol. The van der Waals surface area contributed by atoms with Crippen molar-refractivity contribution in [2.24, 2.45) is 11.5 Å². The van der Waals surface area contributed by atoms with Crippen LogP contribution in [0.15, 0.2) is 0 Å². The van der Waals surface area contributed by atoms with Crippen LogP contribution in [0.5, 0.6) is 0 Å².